The molecule has 0 saturated heterocycles. The standard InChI is InChI=1S/C13H20N2O/c1-12(2)6-7-13(14,9-12)11-10(16-3)5-4-8-15-11/h4-5,8H,6-7,9,14H2,1-3H3. The molecule has 88 valence electrons. The van der Waals surface area contributed by atoms with Crippen molar-refractivity contribution in [3.8, 4) is 5.75 Å². The summed E-state index contributed by atoms with van der Waals surface area (Å²) >= 11 is 0. The summed E-state index contributed by atoms with van der Waals surface area (Å²) in [5.74, 6) is 0.808. The van der Waals surface area contributed by atoms with Crippen molar-refractivity contribution in [2.75, 3.05) is 7.11 Å². The van der Waals surface area contributed by atoms with Crippen LogP contribution >= 0.6 is 0 Å². The first kappa shape index (κ1) is 11.4. The predicted octanol–water partition coefficient (Wildman–Crippen LogP) is 2.45. The van der Waals surface area contributed by atoms with Gasteiger partial charge in [-0.05, 0) is 36.8 Å². The van der Waals surface area contributed by atoms with Crippen LogP contribution in [-0.2, 0) is 5.54 Å². The van der Waals surface area contributed by atoms with Crippen LogP contribution in [0.1, 0.15) is 38.8 Å². The molecule has 1 unspecified atom stereocenters. The van der Waals surface area contributed by atoms with Crippen molar-refractivity contribution in [2.24, 2.45) is 11.1 Å². The van der Waals surface area contributed by atoms with Gasteiger partial charge in [-0.2, -0.15) is 0 Å². The Morgan fingerprint density at radius 1 is 1.38 bits per heavy atom. The topological polar surface area (TPSA) is 48.1 Å². The van der Waals surface area contributed by atoms with Gasteiger partial charge in [0, 0.05) is 6.20 Å². The highest BCUT2D eigenvalue weighted by atomic mass is 16.5. The second kappa shape index (κ2) is 3.74. The Balaban J connectivity index is 2.37. The van der Waals surface area contributed by atoms with Crippen molar-refractivity contribution >= 4 is 0 Å². The number of nitrogens with zero attached hydrogens (tertiary/aromatic N) is 1. The summed E-state index contributed by atoms with van der Waals surface area (Å²) in [6.45, 7) is 4.52. The van der Waals surface area contributed by atoms with E-state index in [0.717, 1.165) is 30.7 Å². The van der Waals surface area contributed by atoms with Gasteiger partial charge in [-0.3, -0.25) is 4.98 Å². The Bertz CT molecular complexity index is 389. The fourth-order valence-electron chi connectivity index (χ4n) is 2.72. The van der Waals surface area contributed by atoms with Crippen LogP contribution in [0.5, 0.6) is 5.75 Å². The minimum atomic E-state index is -0.323. The van der Waals surface area contributed by atoms with E-state index in [0.29, 0.717) is 5.41 Å². The largest absolute Gasteiger partial charge is 0.495 e. The SMILES string of the molecule is COc1cccnc1C1(N)CCC(C)(C)C1. The summed E-state index contributed by atoms with van der Waals surface area (Å²) in [5, 5.41) is 0. The van der Waals surface area contributed by atoms with E-state index in [1.54, 1.807) is 13.3 Å². The lowest BCUT2D eigenvalue weighted by atomic mass is 9.86. The van der Waals surface area contributed by atoms with Gasteiger partial charge in [0.05, 0.1) is 12.6 Å². The van der Waals surface area contributed by atoms with Crippen molar-refractivity contribution in [3.05, 3.63) is 24.0 Å². The zero-order valence-electron chi connectivity index (χ0n) is 10.3. The average Bonchev–Trinajstić information content (AvgIpc) is 2.54. The van der Waals surface area contributed by atoms with Crippen molar-refractivity contribution in [1.82, 2.24) is 4.98 Å². The van der Waals surface area contributed by atoms with Crippen LogP contribution in [0.15, 0.2) is 18.3 Å². The first-order valence-corrected chi connectivity index (χ1v) is 5.75. The van der Waals surface area contributed by atoms with E-state index in [1.165, 1.54) is 0 Å². The van der Waals surface area contributed by atoms with Gasteiger partial charge in [-0.15, -0.1) is 0 Å². The van der Waals surface area contributed by atoms with E-state index in [2.05, 4.69) is 18.8 Å². The van der Waals surface area contributed by atoms with Crippen molar-refractivity contribution in [1.29, 1.82) is 0 Å². The molecule has 0 spiro atoms. The summed E-state index contributed by atoms with van der Waals surface area (Å²) < 4.78 is 5.35. The van der Waals surface area contributed by atoms with E-state index >= 15 is 0 Å². The number of hydrogen-bond donors (Lipinski definition) is 1. The molecule has 1 aliphatic carbocycles. The van der Waals surface area contributed by atoms with E-state index < -0.39 is 0 Å². The monoisotopic (exact) mass is 220 g/mol. The third-order valence-corrected chi connectivity index (χ3v) is 3.50. The van der Waals surface area contributed by atoms with Crippen LogP contribution in [-0.4, -0.2) is 12.1 Å². The summed E-state index contributed by atoms with van der Waals surface area (Å²) in [6, 6.07) is 3.81. The lowest BCUT2D eigenvalue weighted by Gasteiger charge is -2.27. The first-order chi connectivity index (χ1) is 7.47. The molecule has 1 aliphatic rings. The minimum absolute atomic E-state index is 0.303. The summed E-state index contributed by atoms with van der Waals surface area (Å²) in [6.07, 6.45) is 4.88. The van der Waals surface area contributed by atoms with Gasteiger partial charge in [0.25, 0.3) is 0 Å². The molecule has 2 rings (SSSR count). The van der Waals surface area contributed by atoms with Gasteiger partial charge in [0.15, 0.2) is 0 Å². The Kier molecular flexibility index (Phi) is 2.66. The molecule has 1 atom stereocenters. The molecule has 0 bridgehead atoms. The highest BCUT2D eigenvalue weighted by Gasteiger charge is 2.43. The molecule has 1 aromatic rings. The zero-order chi connectivity index (χ0) is 11.8. The van der Waals surface area contributed by atoms with Crippen LogP contribution in [0.4, 0.5) is 0 Å². The highest BCUT2D eigenvalue weighted by Crippen LogP contribution is 2.48. The summed E-state index contributed by atoms with van der Waals surface area (Å²) in [4.78, 5) is 4.42. The maximum Gasteiger partial charge on any atom is 0.142 e. The second-order valence-electron chi connectivity index (χ2n) is 5.55. The van der Waals surface area contributed by atoms with Crippen LogP contribution in [0.3, 0.4) is 0 Å². The molecule has 2 N–H and O–H groups in total. The number of rotatable bonds is 2. The maximum absolute atomic E-state index is 6.49. The fourth-order valence-corrected chi connectivity index (χ4v) is 2.72. The molecule has 1 fully saturated rings. The van der Waals surface area contributed by atoms with Crippen LogP contribution in [0.2, 0.25) is 0 Å². The molecule has 3 heteroatoms. The van der Waals surface area contributed by atoms with E-state index in [-0.39, 0.29) is 5.54 Å². The van der Waals surface area contributed by atoms with Gasteiger partial charge in [-0.25, -0.2) is 0 Å². The Labute approximate surface area is 97.0 Å². The van der Waals surface area contributed by atoms with Gasteiger partial charge >= 0.3 is 0 Å². The Hall–Kier alpha value is -1.09. The molecule has 0 aliphatic heterocycles. The molecule has 0 amide bonds. The zero-order valence-corrected chi connectivity index (χ0v) is 10.3. The lowest BCUT2D eigenvalue weighted by Crippen LogP contribution is -2.36. The predicted molar refractivity (Wildman–Crippen MR) is 64.3 cm³/mol. The molecule has 16 heavy (non-hydrogen) atoms. The van der Waals surface area contributed by atoms with Crippen molar-refractivity contribution in [3.63, 3.8) is 0 Å². The van der Waals surface area contributed by atoms with Gasteiger partial charge < -0.3 is 10.5 Å². The number of pyridine rings is 1. The van der Waals surface area contributed by atoms with Crippen LogP contribution in [0, 0.1) is 5.41 Å². The van der Waals surface area contributed by atoms with E-state index in [1.807, 2.05) is 12.1 Å². The third-order valence-electron chi connectivity index (χ3n) is 3.50. The fraction of sp³-hybridized carbons (Fsp3) is 0.615. The van der Waals surface area contributed by atoms with Gasteiger partial charge in [0.2, 0.25) is 0 Å². The average molecular weight is 220 g/mol. The molecule has 1 aromatic heterocycles. The quantitative estimate of drug-likeness (QED) is 0.832. The molecule has 1 saturated carbocycles. The minimum Gasteiger partial charge on any atom is -0.495 e. The first-order valence-electron chi connectivity index (χ1n) is 5.75. The van der Waals surface area contributed by atoms with Gasteiger partial charge in [0.1, 0.15) is 11.4 Å². The van der Waals surface area contributed by atoms with E-state index in [9.17, 15) is 0 Å². The lowest BCUT2D eigenvalue weighted by molar-refractivity contribution is 0.322. The van der Waals surface area contributed by atoms with Crippen molar-refractivity contribution in [2.45, 2.75) is 38.6 Å². The van der Waals surface area contributed by atoms with Crippen LogP contribution in [0.25, 0.3) is 0 Å². The number of ether oxygens (including phenoxy) is 1. The number of nitrogens with two attached hydrogens (primary N) is 1. The molecule has 1 heterocycles. The number of aromatic nitrogens is 1. The number of methoxy groups -OCH3 is 1. The Morgan fingerprint density at radius 3 is 2.69 bits per heavy atom. The maximum atomic E-state index is 6.49. The Morgan fingerprint density at radius 2 is 2.12 bits per heavy atom. The normalized spacial score (nSPS) is 28.0. The summed E-state index contributed by atoms with van der Waals surface area (Å²) in [5.41, 5.74) is 7.38. The number of hydrogen-bond acceptors (Lipinski definition) is 3. The molecule has 0 aromatic carbocycles. The van der Waals surface area contributed by atoms with Gasteiger partial charge in [-0.1, -0.05) is 13.8 Å². The molecule has 0 radical (unpaired) electrons. The summed E-state index contributed by atoms with van der Waals surface area (Å²) in [7, 11) is 1.67. The molecular formula is C13H20N2O. The van der Waals surface area contributed by atoms with E-state index in [4.69, 9.17) is 10.5 Å². The van der Waals surface area contributed by atoms with Crippen molar-refractivity contribution < 1.29 is 4.74 Å². The smallest absolute Gasteiger partial charge is 0.142 e. The molecule has 3 nitrogen and oxygen atoms in total. The third kappa shape index (κ3) is 1.92. The van der Waals surface area contributed by atoms with Crippen LogP contribution < -0.4 is 10.5 Å². The highest BCUT2D eigenvalue weighted by molar-refractivity contribution is 5.34. The molecular weight excluding hydrogens is 200 g/mol. The second-order valence-corrected chi connectivity index (χ2v) is 5.55.